The second-order valence-corrected chi connectivity index (χ2v) is 4.14. The SMILES string of the molecule is CC(CCc1ccc(O)cc1)NC(=O)P. The number of aromatic hydroxyl groups is 1. The van der Waals surface area contributed by atoms with Gasteiger partial charge < -0.3 is 10.4 Å². The molecule has 0 spiro atoms. The minimum Gasteiger partial charge on any atom is -0.508 e. The van der Waals surface area contributed by atoms with Crippen molar-refractivity contribution in [3.8, 4) is 5.75 Å². The number of carbonyl (C=O) groups is 1. The van der Waals surface area contributed by atoms with Crippen LogP contribution in [0.4, 0.5) is 4.79 Å². The molecule has 4 heteroatoms. The quantitative estimate of drug-likeness (QED) is 0.772. The van der Waals surface area contributed by atoms with Gasteiger partial charge in [-0.25, -0.2) is 0 Å². The van der Waals surface area contributed by atoms with Crippen LogP contribution in [0.1, 0.15) is 18.9 Å². The summed E-state index contributed by atoms with van der Waals surface area (Å²) in [4.78, 5) is 10.7. The summed E-state index contributed by atoms with van der Waals surface area (Å²) in [6, 6.07) is 7.31. The molecule has 1 amide bonds. The second kappa shape index (κ2) is 5.72. The van der Waals surface area contributed by atoms with E-state index >= 15 is 0 Å². The molecule has 15 heavy (non-hydrogen) atoms. The zero-order valence-corrected chi connectivity index (χ0v) is 9.89. The van der Waals surface area contributed by atoms with E-state index in [-0.39, 0.29) is 17.4 Å². The third kappa shape index (κ3) is 4.80. The first-order valence-corrected chi connectivity index (χ1v) is 5.49. The lowest BCUT2D eigenvalue weighted by atomic mass is 10.1. The van der Waals surface area contributed by atoms with Crippen molar-refractivity contribution in [1.29, 1.82) is 0 Å². The molecule has 2 unspecified atom stereocenters. The van der Waals surface area contributed by atoms with Gasteiger partial charge in [0.05, 0.1) is 0 Å². The molecule has 0 radical (unpaired) electrons. The van der Waals surface area contributed by atoms with Gasteiger partial charge in [-0.3, -0.25) is 4.79 Å². The van der Waals surface area contributed by atoms with Crippen LogP contribution in [0.25, 0.3) is 0 Å². The number of nitrogens with one attached hydrogen (secondary N) is 1. The van der Waals surface area contributed by atoms with E-state index in [1.165, 1.54) is 0 Å². The Balaban J connectivity index is 2.36. The van der Waals surface area contributed by atoms with E-state index in [0.29, 0.717) is 0 Å². The molecular weight excluding hydrogens is 209 g/mol. The van der Waals surface area contributed by atoms with Gasteiger partial charge in [-0.1, -0.05) is 12.1 Å². The standard InChI is InChI=1S/C11H16NO2P/c1-8(12-11(14)15)2-3-9-4-6-10(13)7-5-9/h4-8,13H,2-3,15H2,1H3,(H,12,14). The molecule has 0 aliphatic heterocycles. The Morgan fingerprint density at radius 2 is 2.07 bits per heavy atom. The minimum absolute atomic E-state index is 0.0757. The van der Waals surface area contributed by atoms with E-state index in [4.69, 9.17) is 5.11 Å². The fourth-order valence-electron chi connectivity index (χ4n) is 1.36. The summed E-state index contributed by atoms with van der Waals surface area (Å²) < 4.78 is 0. The van der Waals surface area contributed by atoms with Crippen LogP contribution in [0.5, 0.6) is 5.75 Å². The van der Waals surface area contributed by atoms with E-state index in [1.807, 2.05) is 19.1 Å². The van der Waals surface area contributed by atoms with Crippen molar-refractivity contribution in [1.82, 2.24) is 5.32 Å². The molecule has 0 bridgehead atoms. The summed E-state index contributed by atoms with van der Waals surface area (Å²) in [6.45, 7) is 1.97. The highest BCUT2D eigenvalue weighted by atomic mass is 31.0. The molecule has 1 aromatic rings. The van der Waals surface area contributed by atoms with Gasteiger partial charge >= 0.3 is 0 Å². The molecule has 0 aliphatic rings. The number of hydrogen-bond acceptors (Lipinski definition) is 2. The lowest BCUT2D eigenvalue weighted by molar-refractivity contribution is 0.257. The van der Waals surface area contributed by atoms with Crippen LogP contribution >= 0.6 is 9.24 Å². The van der Waals surface area contributed by atoms with Crippen molar-refractivity contribution >= 4 is 14.9 Å². The molecule has 0 saturated carbocycles. The Bertz CT molecular complexity index is 324. The molecule has 0 heterocycles. The smallest absolute Gasteiger partial charge is 0.234 e. The van der Waals surface area contributed by atoms with Gasteiger partial charge in [0.1, 0.15) is 5.75 Å². The Labute approximate surface area is 92.1 Å². The van der Waals surface area contributed by atoms with Crippen molar-refractivity contribution in [2.24, 2.45) is 0 Å². The predicted octanol–water partition coefficient (Wildman–Crippen LogP) is 2.30. The number of phenolic OH excluding ortho intramolecular Hbond substituents is 1. The van der Waals surface area contributed by atoms with Gasteiger partial charge in [0.25, 0.3) is 0 Å². The highest BCUT2D eigenvalue weighted by Crippen LogP contribution is 2.11. The van der Waals surface area contributed by atoms with Crippen LogP contribution in [0.2, 0.25) is 0 Å². The maximum atomic E-state index is 10.7. The summed E-state index contributed by atoms with van der Waals surface area (Å²) in [5, 5.41) is 11.9. The van der Waals surface area contributed by atoms with Crippen molar-refractivity contribution < 1.29 is 9.90 Å². The Hall–Kier alpha value is -1.08. The summed E-state index contributed by atoms with van der Waals surface area (Å²) in [5.74, 6) is 0.282. The van der Waals surface area contributed by atoms with Crippen LogP contribution in [0, 0.1) is 0 Å². The lowest BCUT2D eigenvalue weighted by Gasteiger charge is -2.11. The normalized spacial score (nSPS) is 12.1. The predicted molar refractivity (Wildman–Crippen MR) is 64.1 cm³/mol. The average molecular weight is 225 g/mol. The number of phenols is 1. The second-order valence-electron chi connectivity index (χ2n) is 3.61. The molecule has 1 rings (SSSR count). The molecule has 0 fully saturated rings. The Morgan fingerprint density at radius 3 is 2.60 bits per heavy atom. The largest absolute Gasteiger partial charge is 0.508 e. The van der Waals surface area contributed by atoms with Crippen molar-refractivity contribution in [3.05, 3.63) is 29.8 Å². The fourth-order valence-corrected chi connectivity index (χ4v) is 1.65. The molecule has 2 N–H and O–H groups in total. The molecule has 0 aromatic heterocycles. The first kappa shape index (κ1) is 12.0. The van der Waals surface area contributed by atoms with Gasteiger partial charge in [-0.15, -0.1) is 0 Å². The molecular formula is C11H16NO2P. The van der Waals surface area contributed by atoms with Crippen molar-refractivity contribution in [2.45, 2.75) is 25.8 Å². The van der Waals surface area contributed by atoms with Crippen LogP contribution in [-0.2, 0) is 6.42 Å². The highest BCUT2D eigenvalue weighted by molar-refractivity contribution is 7.39. The van der Waals surface area contributed by atoms with Gasteiger partial charge in [0.15, 0.2) is 0 Å². The summed E-state index contributed by atoms with van der Waals surface area (Å²) in [5.41, 5.74) is 1.09. The van der Waals surface area contributed by atoms with E-state index in [2.05, 4.69) is 14.6 Å². The Kier molecular flexibility index (Phi) is 4.57. The number of amides is 1. The van der Waals surface area contributed by atoms with E-state index in [9.17, 15) is 4.79 Å². The minimum atomic E-state index is -0.0757. The average Bonchev–Trinajstić information content (AvgIpc) is 2.16. The van der Waals surface area contributed by atoms with Crippen LogP contribution in [0.15, 0.2) is 24.3 Å². The molecule has 2 atom stereocenters. The van der Waals surface area contributed by atoms with Crippen LogP contribution < -0.4 is 5.32 Å². The zero-order chi connectivity index (χ0) is 11.3. The van der Waals surface area contributed by atoms with Crippen LogP contribution in [-0.4, -0.2) is 16.8 Å². The molecule has 0 saturated heterocycles. The van der Waals surface area contributed by atoms with Gasteiger partial charge in [-0.05, 0) is 46.7 Å². The van der Waals surface area contributed by atoms with Crippen molar-refractivity contribution in [2.75, 3.05) is 0 Å². The monoisotopic (exact) mass is 225 g/mol. The lowest BCUT2D eigenvalue weighted by Crippen LogP contribution is -2.28. The summed E-state index contributed by atoms with van der Waals surface area (Å²) in [6.07, 6.45) is 1.79. The number of rotatable bonds is 4. The summed E-state index contributed by atoms with van der Waals surface area (Å²) >= 11 is 0. The number of benzene rings is 1. The first-order valence-electron chi connectivity index (χ1n) is 4.92. The number of carbonyl (C=O) groups excluding carboxylic acids is 1. The molecule has 1 aromatic carbocycles. The molecule has 0 aliphatic carbocycles. The Morgan fingerprint density at radius 1 is 1.47 bits per heavy atom. The van der Waals surface area contributed by atoms with E-state index in [1.54, 1.807) is 12.1 Å². The van der Waals surface area contributed by atoms with E-state index < -0.39 is 0 Å². The van der Waals surface area contributed by atoms with Gasteiger partial charge in [-0.2, -0.15) is 0 Å². The van der Waals surface area contributed by atoms with Gasteiger partial charge in [0, 0.05) is 6.04 Å². The van der Waals surface area contributed by atoms with Crippen molar-refractivity contribution in [3.63, 3.8) is 0 Å². The maximum Gasteiger partial charge on any atom is 0.234 e. The molecule has 82 valence electrons. The zero-order valence-electron chi connectivity index (χ0n) is 8.73. The highest BCUT2D eigenvalue weighted by Gasteiger charge is 2.03. The summed E-state index contributed by atoms with van der Waals surface area (Å²) in [7, 11) is 2.10. The van der Waals surface area contributed by atoms with Crippen LogP contribution in [0.3, 0.4) is 0 Å². The maximum absolute atomic E-state index is 10.7. The number of hydrogen-bond donors (Lipinski definition) is 2. The fraction of sp³-hybridized carbons (Fsp3) is 0.364. The third-order valence-corrected chi connectivity index (χ3v) is 2.36. The van der Waals surface area contributed by atoms with E-state index in [0.717, 1.165) is 18.4 Å². The number of aryl methyl sites for hydroxylation is 1. The topological polar surface area (TPSA) is 49.3 Å². The first-order chi connectivity index (χ1) is 7.08. The molecule has 3 nitrogen and oxygen atoms in total. The third-order valence-electron chi connectivity index (χ3n) is 2.19. The van der Waals surface area contributed by atoms with Gasteiger partial charge in [0.2, 0.25) is 5.65 Å².